The maximum absolute atomic E-state index is 11.8. The van der Waals surface area contributed by atoms with Gasteiger partial charge in [-0.25, -0.2) is 14.5 Å². The zero-order chi connectivity index (χ0) is 23.4. The number of hydrogen-bond donors (Lipinski definition) is 1. The van der Waals surface area contributed by atoms with E-state index in [-0.39, 0.29) is 12.6 Å². The van der Waals surface area contributed by atoms with Crippen molar-refractivity contribution in [2.75, 3.05) is 26.2 Å². The first-order valence-electron chi connectivity index (χ1n) is 11.0. The number of carbonyl (C=O) groups is 1. The van der Waals surface area contributed by atoms with Gasteiger partial charge in [0.25, 0.3) is 0 Å². The Hall–Kier alpha value is -3.54. The van der Waals surface area contributed by atoms with Crippen LogP contribution < -0.4 is 0 Å². The predicted octanol–water partition coefficient (Wildman–Crippen LogP) is 2.51. The average molecular weight is 446 g/mol. The molecule has 1 aliphatic rings. The Bertz CT molecular complexity index is 1210. The van der Waals surface area contributed by atoms with Gasteiger partial charge in [0.2, 0.25) is 0 Å². The van der Waals surface area contributed by atoms with Crippen molar-refractivity contribution < 1.29 is 14.6 Å². The van der Waals surface area contributed by atoms with E-state index in [0.717, 1.165) is 48.2 Å². The second-order valence-corrected chi connectivity index (χ2v) is 8.28. The van der Waals surface area contributed by atoms with Gasteiger partial charge in [-0.1, -0.05) is 6.07 Å². The lowest BCUT2D eigenvalue weighted by atomic mass is 9.96. The maximum atomic E-state index is 11.8. The van der Waals surface area contributed by atoms with E-state index in [2.05, 4.69) is 21.1 Å². The van der Waals surface area contributed by atoms with Gasteiger partial charge >= 0.3 is 5.97 Å². The molecule has 0 aliphatic carbocycles. The molecule has 4 rings (SSSR count). The number of hydrogen-bond acceptors (Lipinski definition) is 7. The number of aliphatic hydroxyl groups excluding tert-OH is 1. The van der Waals surface area contributed by atoms with Crippen molar-refractivity contribution in [1.29, 1.82) is 5.26 Å². The van der Waals surface area contributed by atoms with E-state index in [9.17, 15) is 9.90 Å². The highest BCUT2D eigenvalue weighted by molar-refractivity contribution is 5.93. The minimum Gasteiger partial charge on any atom is -0.457 e. The van der Waals surface area contributed by atoms with Gasteiger partial charge in [0.15, 0.2) is 5.82 Å². The fourth-order valence-electron chi connectivity index (χ4n) is 4.11. The van der Waals surface area contributed by atoms with Crippen molar-refractivity contribution >= 4 is 5.97 Å². The molecule has 0 saturated heterocycles. The second-order valence-electron chi connectivity index (χ2n) is 8.28. The topological polar surface area (TPSA) is 104 Å². The van der Waals surface area contributed by atoms with Crippen molar-refractivity contribution in [1.82, 2.24) is 19.7 Å². The smallest absolute Gasteiger partial charge is 0.338 e. The van der Waals surface area contributed by atoms with E-state index in [4.69, 9.17) is 10.00 Å². The van der Waals surface area contributed by atoms with Gasteiger partial charge in [-0.15, -0.1) is 0 Å². The van der Waals surface area contributed by atoms with Crippen LogP contribution in [0.15, 0.2) is 36.8 Å². The molecule has 0 amide bonds. The lowest BCUT2D eigenvalue weighted by Crippen LogP contribution is -2.31. The van der Waals surface area contributed by atoms with Gasteiger partial charge < -0.3 is 14.7 Å². The summed E-state index contributed by atoms with van der Waals surface area (Å²) in [4.78, 5) is 18.3. The molecule has 1 aromatic carbocycles. The molecule has 3 aromatic rings. The summed E-state index contributed by atoms with van der Waals surface area (Å²) >= 11 is 0. The Labute approximate surface area is 193 Å². The SMILES string of the molecule is Cc1cc(-n2cc(CCN(CCO)CCc3ccc4c(c3C)COC4=O)cn2)ncc1C#N. The molecular weight excluding hydrogens is 418 g/mol. The number of cyclic esters (lactones) is 1. The number of fused-ring (bicyclic) bond motifs is 1. The summed E-state index contributed by atoms with van der Waals surface area (Å²) in [5, 5.41) is 23.0. The quantitative estimate of drug-likeness (QED) is 0.505. The molecule has 33 heavy (non-hydrogen) atoms. The Morgan fingerprint density at radius 1 is 1.21 bits per heavy atom. The summed E-state index contributed by atoms with van der Waals surface area (Å²) in [6.45, 7) is 6.56. The normalized spacial score (nSPS) is 12.6. The number of nitriles is 1. The van der Waals surface area contributed by atoms with Gasteiger partial charge in [0.1, 0.15) is 12.7 Å². The Morgan fingerprint density at radius 2 is 2.03 bits per heavy atom. The van der Waals surface area contributed by atoms with Crippen LogP contribution in [-0.2, 0) is 24.2 Å². The average Bonchev–Trinajstić information content (AvgIpc) is 3.44. The summed E-state index contributed by atoms with van der Waals surface area (Å²) < 4.78 is 6.87. The summed E-state index contributed by atoms with van der Waals surface area (Å²) in [6.07, 6.45) is 6.97. The summed E-state index contributed by atoms with van der Waals surface area (Å²) in [6, 6.07) is 7.84. The zero-order valence-electron chi connectivity index (χ0n) is 18.9. The van der Waals surface area contributed by atoms with Crippen molar-refractivity contribution in [2.45, 2.75) is 33.3 Å². The van der Waals surface area contributed by atoms with Gasteiger partial charge in [0.05, 0.1) is 23.9 Å². The van der Waals surface area contributed by atoms with Gasteiger partial charge in [-0.2, -0.15) is 10.4 Å². The fourth-order valence-corrected chi connectivity index (χ4v) is 4.11. The molecule has 8 heteroatoms. The molecule has 1 aliphatic heterocycles. The number of aliphatic hydroxyl groups is 1. The molecular formula is C25H27N5O3. The van der Waals surface area contributed by atoms with Crippen molar-refractivity contribution in [3.63, 3.8) is 0 Å². The van der Waals surface area contributed by atoms with Crippen LogP contribution in [0.2, 0.25) is 0 Å². The predicted molar refractivity (Wildman–Crippen MR) is 122 cm³/mol. The molecule has 2 aromatic heterocycles. The van der Waals surface area contributed by atoms with Crippen LogP contribution in [0, 0.1) is 25.2 Å². The molecule has 0 bridgehead atoms. The van der Waals surface area contributed by atoms with E-state index < -0.39 is 0 Å². The van der Waals surface area contributed by atoms with Gasteiger partial charge in [-0.05, 0) is 61.1 Å². The highest BCUT2D eigenvalue weighted by Crippen LogP contribution is 2.26. The molecule has 0 fully saturated rings. The number of rotatable bonds is 9. The third kappa shape index (κ3) is 4.95. The molecule has 3 heterocycles. The molecule has 0 radical (unpaired) electrons. The molecule has 0 unspecified atom stereocenters. The fraction of sp³-hybridized carbons (Fsp3) is 0.360. The Morgan fingerprint density at radius 3 is 2.79 bits per heavy atom. The third-order valence-electron chi connectivity index (χ3n) is 6.20. The monoisotopic (exact) mass is 445 g/mol. The number of aryl methyl sites for hydroxylation is 1. The van der Waals surface area contributed by atoms with Crippen LogP contribution in [0.5, 0.6) is 0 Å². The third-order valence-corrected chi connectivity index (χ3v) is 6.20. The van der Waals surface area contributed by atoms with Crippen LogP contribution >= 0.6 is 0 Å². The zero-order valence-corrected chi connectivity index (χ0v) is 18.9. The maximum Gasteiger partial charge on any atom is 0.338 e. The minimum absolute atomic E-state index is 0.0964. The van der Waals surface area contributed by atoms with E-state index >= 15 is 0 Å². The molecule has 170 valence electrons. The lowest BCUT2D eigenvalue weighted by Gasteiger charge is -2.21. The molecule has 0 saturated carbocycles. The first kappa shape index (κ1) is 22.6. The Kier molecular flexibility index (Phi) is 6.82. The number of esters is 1. The lowest BCUT2D eigenvalue weighted by molar-refractivity contribution is 0.0535. The van der Waals surface area contributed by atoms with E-state index in [1.165, 1.54) is 5.56 Å². The first-order chi connectivity index (χ1) is 16.0. The molecule has 0 spiro atoms. The number of aromatic nitrogens is 3. The largest absolute Gasteiger partial charge is 0.457 e. The second kappa shape index (κ2) is 9.94. The van der Waals surface area contributed by atoms with E-state index in [0.29, 0.717) is 30.1 Å². The summed E-state index contributed by atoms with van der Waals surface area (Å²) in [5.41, 5.74) is 6.48. The summed E-state index contributed by atoms with van der Waals surface area (Å²) in [5.74, 6) is 0.438. The van der Waals surface area contributed by atoms with Crippen molar-refractivity contribution in [3.05, 3.63) is 75.7 Å². The van der Waals surface area contributed by atoms with Gasteiger partial charge in [0, 0.05) is 37.6 Å². The highest BCUT2D eigenvalue weighted by atomic mass is 16.5. The standard InChI is InChI=1S/C25H27N5O3/c1-17-11-24(27-14-21(17)12-26)30-15-19(13-28-30)5-7-29(9-10-31)8-6-20-3-4-22-23(18(20)2)16-33-25(22)32/h3-4,11,13-15,31H,5-10,16H2,1-2H3. The summed E-state index contributed by atoms with van der Waals surface area (Å²) in [7, 11) is 0. The van der Waals surface area contributed by atoms with Crippen molar-refractivity contribution in [3.8, 4) is 11.9 Å². The van der Waals surface area contributed by atoms with Crippen LogP contribution in [0.3, 0.4) is 0 Å². The van der Waals surface area contributed by atoms with Crippen LogP contribution in [0.25, 0.3) is 5.82 Å². The van der Waals surface area contributed by atoms with Crippen molar-refractivity contribution in [2.24, 2.45) is 0 Å². The van der Waals surface area contributed by atoms with Crippen LogP contribution in [0.1, 0.15) is 43.7 Å². The van der Waals surface area contributed by atoms with E-state index in [1.54, 1.807) is 10.9 Å². The molecule has 1 N–H and O–H groups in total. The highest BCUT2D eigenvalue weighted by Gasteiger charge is 2.23. The first-order valence-corrected chi connectivity index (χ1v) is 11.0. The van der Waals surface area contributed by atoms with E-state index in [1.807, 2.05) is 44.4 Å². The number of carbonyl (C=O) groups excluding carboxylic acids is 1. The number of ether oxygens (including phenoxy) is 1. The number of pyridine rings is 1. The number of benzene rings is 1. The Balaban J connectivity index is 1.37. The van der Waals surface area contributed by atoms with Crippen LogP contribution in [-0.4, -0.2) is 57.0 Å². The van der Waals surface area contributed by atoms with Crippen LogP contribution in [0.4, 0.5) is 0 Å². The van der Waals surface area contributed by atoms with Gasteiger partial charge in [-0.3, -0.25) is 0 Å². The minimum atomic E-state index is -0.242. The molecule has 8 nitrogen and oxygen atoms in total. The number of nitrogens with zero attached hydrogens (tertiary/aromatic N) is 5. The molecule has 0 atom stereocenters.